The standard InChI is InChI=1S/C13H17F3N2/c1-2-9-4-3-6-18(7-5-9)13-11(15)8-10(14)12(16)17-13/h8-9H,2-7H2,1H3. The van der Waals surface area contributed by atoms with Gasteiger partial charge in [-0.05, 0) is 25.2 Å². The minimum atomic E-state index is -1.24. The number of hydrogen-bond acceptors (Lipinski definition) is 2. The molecule has 0 spiro atoms. The Morgan fingerprint density at radius 3 is 2.72 bits per heavy atom. The van der Waals surface area contributed by atoms with E-state index < -0.39 is 17.6 Å². The molecule has 1 aromatic rings. The number of aromatic nitrogens is 1. The van der Waals surface area contributed by atoms with Gasteiger partial charge in [0, 0.05) is 19.2 Å². The third-order valence-electron chi connectivity index (χ3n) is 3.59. The quantitative estimate of drug-likeness (QED) is 0.755. The van der Waals surface area contributed by atoms with E-state index in [0.717, 1.165) is 25.7 Å². The van der Waals surface area contributed by atoms with Crippen LogP contribution in [0.2, 0.25) is 0 Å². The van der Waals surface area contributed by atoms with E-state index in [9.17, 15) is 13.2 Å². The van der Waals surface area contributed by atoms with Gasteiger partial charge in [-0.1, -0.05) is 13.3 Å². The van der Waals surface area contributed by atoms with E-state index in [1.807, 2.05) is 0 Å². The number of nitrogens with zero attached hydrogens (tertiary/aromatic N) is 2. The summed E-state index contributed by atoms with van der Waals surface area (Å²) < 4.78 is 39.5. The van der Waals surface area contributed by atoms with Gasteiger partial charge in [0.05, 0.1) is 0 Å². The SMILES string of the molecule is CCC1CCCN(c2nc(F)c(F)cc2F)CC1. The van der Waals surface area contributed by atoms with Crippen molar-refractivity contribution in [3.8, 4) is 0 Å². The van der Waals surface area contributed by atoms with E-state index in [1.54, 1.807) is 4.90 Å². The lowest BCUT2D eigenvalue weighted by Crippen LogP contribution is -2.26. The van der Waals surface area contributed by atoms with E-state index in [-0.39, 0.29) is 5.82 Å². The Balaban J connectivity index is 2.18. The summed E-state index contributed by atoms with van der Waals surface area (Å²) in [5.74, 6) is -2.70. The highest BCUT2D eigenvalue weighted by Gasteiger charge is 2.21. The van der Waals surface area contributed by atoms with Crippen molar-refractivity contribution in [3.63, 3.8) is 0 Å². The monoisotopic (exact) mass is 258 g/mol. The third-order valence-corrected chi connectivity index (χ3v) is 3.59. The molecule has 1 saturated heterocycles. The van der Waals surface area contributed by atoms with E-state index >= 15 is 0 Å². The predicted molar refractivity (Wildman–Crippen MR) is 64.0 cm³/mol. The Kier molecular flexibility index (Phi) is 4.09. The molecule has 2 heterocycles. The molecule has 0 saturated carbocycles. The highest BCUT2D eigenvalue weighted by Crippen LogP contribution is 2.25. The van der Waals surface area contributed by atoms with Crippen molar-refractivity contribution in [3.05, 3.63) is 23.6 Å². The smallest absolute Gasteiger partial charge is 0.251 e. The van der Waals surface area contributed by atoms with E-state index in [0.29, 0.717) is 25.1 Å². The van der Waals surface area contributed by atoms with Crippen molar-refractivity contribution in [1.29, 1.82) is 0 Å². The fourth-order valence-corrected chi connectivity index (χ4v) is 2.44. The molecule has 2 rings (SSSR count). The molecule has 0 aromatic carbocycles. The zero-order valence-corrected chi connectivity index (χ0v) is 10.4. The van der Waals surface area contributed by atoms with E-state index in [2.05, 4.69) is 11.9 Å². The zero-order chi connectivity index (χ0) is 13.1. The maximum atomic E-state index is 13.6. The molecule has 5 heteroatoms. The molecule has 0 radical (unpaired) electrons. The molecule has 0 amide bonds. The van der Waals surface area contributed by atoms with Crippen LogP contribution in [0.15, 0.2) is 6.07 Å². The second-order valence-corrected chi connectivity index (χ2v) is 4.76. The summed E-state index contributed by atoms with van der Waals surface area (Å²) in [6.45, 7) is 3.43. The second-order valence-electron chi connectivity index (χ2n) is 4.76. The molecule has 1 aliphatic heterocycles. The molecule has 1 atom stereocenters. The molecule has 1 fully saturated rings. The van der Waals surface area contributed by atoms with Gasteiger partial charge in [0.25, 0.3) is 5.95 Å². The zero-order valence-electron chi connectivity index (χ0n) is 10.4. The van der Waals surface area contributed by atoms with Gasteiger partial charge in [0.15, 0.2) is 17.5 Å². The number of anilines is 1. The summed E-state index contributed by atoms with van der Waals surface area (Å²) >= 11 is 0. The van der Waals surface area contributed by atoms with Crippen LogP contribution >= 0.6 is 0 Å². The van der Waals surface area contributed by atoms with Gasteiger partial charge in [0.1, 0.15) is 0 Å². The number of rotatable bonds is 2. The Bertz CT molecular complexity index is 423. The minimum Gasteiger partial charge on any atom is -0.354 e. The van der Waals surface area contributed by atoms with Gasteiger partial charge in [0.2, 0.25) is 0 Å². The van der Waals surface area contributed by atoms with Crippen molar-refractivity contribution in [2.45, 2.75) is 32.6 Å². The first kappa shape index (κ1) is 13.2. The van der Waals surface area contributed by atoms with Gasteiger partial charge in [-0.15, -0.1) is 0 Å². The fraction of sp³-hybridized carbons (Fsp3) is 0.615. The van der Waals surface area contributed by atoms with Crippen molar-refractivity contribution in [2.24, 2.45) is 5.92 Å². The summed E-state index contributed by atoms with van der Waals surface area (Å²) in [5, 5.41) is 0. The van der Waals surface area contributed by atoms with Crippen LogP contribution in [0, 0.1) is 23.5 Å². The normalized spacial score (nSPS) is 20.9. The molecule has 1 unspecified atom stereocenters. The lowest BCUT2D eigenvalue weighted by Gasteiger charge is -2.22. The van der Waals surface area contributed by atoms with Crippen LogP contribution in [0.3, 0.4) is 0 Å². The molecular weight excluding hydrogens is 241 g/mol. The highest BCUT2D eigenvalue weighted by atomic mass is 19.2. The summed E-state index contributed by atoms with van der Waals surface area (Å²) in [5.41, 5.74) is 0. The minimum absolute atomic E-state index is 0.0642. The van der Waals surface area contributed by atoms with Crippen molar-refractivity contribution < 1.29 is 13.2 Å². The van der Waals surface area contributed by atoms with Gasteiger partial charge < -0.3 is 4.90 Å². The molecular formula is C13H17F3N2. The Labute approximate surface area is 105 Å². The molecule has 0 aliphatic carbocycles. The molecule has 1 aromatic heterocycles. The predicted octanol–water partition coefficient (Wildman–Crippen LogP) is 3.52. The number of halogens is 3. The van der Waals surface area contributed by atoms with Gasteiger partial charge in [-0.3, -0.25) is 0 Å². The lowest BCUT2D eigenvalue weighted by atomic mass is 9.98. The summed E-state index contributed by atoms with van der Waals surface area (Å²) in [7, 11) is 0. The first-order valence-corrected chi connectivity index (χ1v) is 6.38. The van der Waals surface area contributed by atoms with Crippen LogP contribution in [0.5, 0.6) is 0 Å². The Morgan fingerprint density at radius 1 is 1.22 bits per heavy atom. The first-order chi connectivity index (χ1) is 8.61. The maximum Gasteiger partial charge on any atom is 0.251 e. The van der Waals surface area contributed by atoms with Crippen LogP contribution < -0.4 is 4.90 Å². The Morgan fingerprint density at radius 2 is 2.00 bits per heavy atom. The molecule has 0 bridgehead atoms. The van der Waals surface area contributed by atoms with Crippen molar-refractivity contribution >= 4 is 5.82 Å². The first-order valence-electron chi connectivity index (χ1n) is 6.38. The topological polar surface area (TPSA) is 16.1 Å². The molecule has 0 N–H and O–H groups in total. The Hall–Kier alpha value is -1.26. The van der Waals surface area contributed by atoms with Crippen molar-refractivity contribution in [2.75, 3.05) is 18.0 Å². The fourth-order valence-electron chi connectivity index (χ4n) is 2.44. The van der Waals surface area contributed by atoms with Crippen LogP contribution in [0.1, 0.15) is 32.6 Å². The number of hydrogen-bond donors (Lipinski definition) is 0. The lowest BCUT2D eigenvalue weighted by molar-refractivity contribution is 0.456. The van der Waals surface area contributed by atoms with Gasteiger partial charge in [-0.25, -0.2) is 8.78 Å². The largest absolute Gasteiger partial charge is 0.354 e. The van der Waals surface area contributed by atoms with Crippen LogP contribution in [-0.2, 0) is 0 Å². The highest BCUT2D eigenvalue weighted by molar-refractivity contribution is 5.40. The second kappa shape index (κ2) is 5.59. The molecule has 100 valence electrons. The van der Waals surface area contributed by atoms with Crippen LogP contribution in [-0.4, -0.2) is 18.1 Å². The number of pyridine rings is 1. The summed E-state index contributed by atoms with van der Waals surface area (Å²) in [6, 6.07) is 0.569. The van der Waals surface area contributed by atoms with Gasteiger partial charge in [-0.2, -0.15) is 9.37 Å². The van der Waals surface area contributed by atoms with E-state index in [1.165, 1.54) is 0 Å². The summed E-state index contributed by atoms with van der Waals surface area (Å²) in [6.07, 6.45) is 4.06. The molecule has 18 heavy (non-hydrogen) atoms. The molecule has 1 aliphatic rings. The molecule has 2 nitrogen and oxygen atoms in total. The summed E-state index contributed by atoms with van der Waals surface area (Å²) in [4.78, 5) is 5.11. The maximum absolute atomic E-state index is 13.6. The average molecular weight is 258 g/mol. The third kappa shape index (κ3) is 2.76. The average Bonchev–Trinajstić information content (AvgIpc) is 2.59. The van der Waals surface area contributed by atoms with E-state index in [4.69, 9.17) is 0 Å². The van der Waals surface area contributed by atoms with Crippen molar-refractivity contribution in [1.82, 2.24) is 4.98 Å². The van der Waals surface area contributed by atoms with Crippen LogP contribution in [0.25, 0.3) is 0 Å². The van der Waals surface area contributed by atoms with Crippen LogP contribution in [0.4, 0.5) is 19.0 Å². The van der Waals surface area contributed by atoms with Gasteiger partial charge >= 0.3 is 0 Å².